The summed E-state index contributed by atoms with van der Waals surface area (Å²) in [6.45, 7) is 4.81. The molecule has 0 unspecified atom stereocenters. The first-order valence-electron chi connectivity index (χ1n) is 8.65. The molecular weight excluding hydrogens is 330 g/mol. The lowest BCUT2D eigenvalue weighted by atomic mass is 10.1. The lowest BCUT2D eigenvalue weighted by Gasteiger charge is -2.35. The third kappa shape index (κ3) is 2.96. The van der Waals surface area contributed by atoms with E-state index in [4.69, 9.17) is 4.74 Å². The summed E-state index contributed by atoms with van der Waals surface area (Å²) in [4.78, 5) is 21.3. The highest BCUT2D eigenvalue weighted by Gasteiger charge is 2.24. The van der Waals surface area contributed by atoms with Crippen LogP contribution in [0.2, 0.25) is 0 Å². The van der Waals surface area contributed by atoms with Gasteiger partial charge in [-0.1, -0.05) is 0 Å². The number of hydrogen-bond donors (Lipinski definition) is 0. The van der Waals surface area contributed by atoms with Crippen molar-refractivity contribution in [1.82, 2.24) is 19.5 Å². The van der Waals surface area contributed by atoms with Crippen LogP contribution in [0, 0.1) is 6.92 Å². The first-order valence-corrected chi connectivity index (χ1v) is 8.65. The molecule has 0 aliphatic carbocycles. The molecule has 4 rings (SSSR count). The van der Waals surface area contributed by atoms with Gasteiger partial charge in [-0.3, -0.25) is 4.79 Å². The van der Waals surface area contributed by atoms with Gasteiger partial charge in [-0.25, -0.2) is 9.50 Å². The molecule has 0 saturated carbocycles. The second-order valence-corrected chi connectivity index (χ2v) is 6.37. The number of anilines is 1. The number of piperazine rings is 1. The number of hydrogen-bond acceptors (Lipinski definition) is 5. The lowest BCUT2D eigenvalue weighted by Crippen LogP contribution is -2.49. The molecule has 1 aromatic carbocycles. The molecule has 1 saturated heterocycles. The van der Waals surface area contributed by atoms with Crippen molar-refractivity contribution in [2.24, 2.45) is 0 Å². The molecule has 7 nitrogen and oxygen atoms in total. The van der Waals surface area contributed by atoms with Crippen molar-refractivity contribution in [2.45, 2.75) is 6.92 Å². The summed E-state index contributed by atoms with van der Waals surface area (Å²) in [5.41, 5.74) is 2.65. The minimum Gasteiger partial charge on any atom is -0.497 e. The van der Waals surface area contributed by atoms with Crippen LogP contribution in [-0.2, 0) is 0 Å². The minimum absolute atomic E-state index is 0.0543. The van der Waals surface area contributed by atoms with E-state index >= 15 is 0 Å². The minimum atomic E-state index is 0.0543. The topological polar surface area (TPSA) is 63.0 Å². The highest BCUT2D eigenvalue weighted by Crippen LogP contribution is 2.21. The second-order valence-electron chi connectivity index (χ2n) is 6.37. The van der Waals surface area contributed by atoms with Crippen LogP contribution in [0.3, 0.4) is 0 Å². The smallest absolute Gasteiger partial charge is 0.253 e. The number of rotatable bonds is 3. The standard InChI is InChI=1S/C19H21N5O2/c1-14-13-17-18(20-7-8-24(17)21-14)22-9-11-23(12-10-22)19(25)15-3-5-16(26-2)6-4-15/h3-8,13H,9-12H2,1-2H3. The van der Waals surface area contributed by atoms with Gasteiger partial charge in [-0.2, -0.15) is 5.10 Å². The largest absolute Gasteiger partial charge is 0.497 e. The Balaban J connectivity index is 1.47. The Bertz CT molecular complexity index is 927. The Kier molecular flexibility index (Phi) is 4.20. The molecule has 0 bridgehead atoms. The van der Waals surface area contributed by atoms with Crippen molar-refractivity contribution < 1.29 is 9.53 Å². The van der Waals surface area contributed by atoms with Gasteiger partial charge in [0.05, 0.1) is 12.8 Å². The van der Waals surface area contributed by atoms with E-state index in [2.05, 4.69) is 15.0 Å². The Morgan fingerprint density at radius 1 is 1.12 bits per heavy atom. The number of fused-ring (bicyclic) bond motifs is 1. The second kappa shape index (κ2) is 6.67. The maximum Gasteiger partial charge on any atom is 0.253 e. The van der Waals surface area contributed by atoms with E-state index in [9.17, 15) is 4.79 Å². The van der Waals surface area contributed by atoms with Crippen LogP contribution in [0.25, 0.3) is 5.52 Å². The van der Waals surface area contributed by atoms with E-state index in [-0.39, 0.29) is 5.91 Å². The number of aromatic nitrogens is 3. The van der Waals surface area contributed by atoms with Crippen molar-refractivity contribution in [1.29, 1.82) is 0 Å². The molecule has 26 heavy (non-hydrogen) atoms. The Labute approximate surface area is 151 Å². The van der Waals surface area contributed by atoms with E-state index in [1.54, 1.807) is 13.3 Å². The van der Waals surface area contributed by atoms with E-state index in [0.29, 0.717) is 18.7 Å². The lowest BCUT2D eigenvalue weighted by molar-refractivity contribution is 0.0746. The summed E-state index contributed by atoms with van der Waals surface area (Å²) in [6.07, 6.45) is 3.62. The van der Waals surface area contributed by atoms with Crippen LogP contribution < -0.4 is 9.64 Å². The van der Waals surface area contributed by atoms with Gasteiger partial charge in [-0.15, -0.1) is 0 Å². The normalized spacial score (nSPS) is 14.7. The van der Waals surface area contributed by atoms with Gasteiger partial charge < -0.3 is 14.5 Å². The van der Waals surface area contributed by atoms with E-state index < -0.39 is 0 Å². The van der Waals surface area contributed by atoms with Gasteiger partial charge in [-0.05, 0) is 37.3 Å². The van der Waals surface area contributed by atoms with E-state index in [1.165, 1.54) is 0 Å². The van der Waals surface area contributed by atoms with Crippen LogP contribution in [0.5, 0.6) is 5.75 Å². The number of aryl methyl sites for hydroxylation is 1. The first-order chi connectivity index (χ1) is 12.7. The summed E-state index contributed by atoms with van der Waals surface area (Å²) >= 11 is 0. The molecule has 1 fully saturated rings. The van der Waals surface area contributed by atoms with Gasteiger partial charge in [0.25, 0.3) is 5.91 Å². The molecule has 0 radical (unpaired) electrons. The fourth-order valence-corrected chi connectivity index (χ4v) is 3.31. The van der Waals surface area contributed by atoms with Crippen molar-refractivity contribution in [3.63, 3.8) is 0 Å². The fraction of sp³-hybridized carbons (Fsp3) is 0.316. The number of nitrogens with zero attached hydrogens (tertiary/aromatic N) is 5. The van der Waals surface area contributed by atoms with Crippen molar-refractivity contribution in [2.75, 3.05) is 38.2 Å². The summed E-state index contributed by atoms with van der Waals surface area (Å²) in [5.74, 6) is 1.73. The van der Waals surface area contributed by atoms with Crippen LogP contribution in [0.4, 0.5) is 5.82 Å². The molecule has 134 valence electrons. The van der Waals surface area contributed by atoms with Gasteiger partial charge >= 0.3 is 0 Å². The zero-order valence-corrected chi connectivity index (χ0v) is 14.9. The number of methoxy groups -OCH3 is 1. The zero-order chi connectivity index (χ0) is 18.1. The third-order valence-corrected chi connectivity index (χ3v) is 4.70. The predicted molar refractivity (Wildman–Crippen MR) is 98.8 cm³/mol. The Morgan fingerprint density at radius 3 is 2.54 bits per heavy atom. The van der Waals surface area contributed by atoms with Crippen molar-refractivity contribution in [3.05, 3.63) is 54.0 Å². The molecule has 0 spiro atoms. The van der Waals surface area contributed by atoms with Crippen LogP contribution in [0.15, 0.2) is 42.7 Å². The molecule has 7 heteroatoms. The molecule has 1 aliphatic rings. The molecule has 1 amide bonds. The molecular formula is C19H21N5O2. The summed E-state index contributed by atoms with van der Waals surface area (Å²) in [7, 11) is 1.62. The molecule has 0 atom stereocenters. The fourth-order valence-electron chi connectivity index (χ4n) is 3.31. The maximum absolute atomic E-state index is 12.7. The average Bonchev–Trinajstić information content (AvgIpc) is 3.08. The molecule has 2 aromatic heterocycles. The van der Waals surface area contributed by atoms with Crippen molar-refractivity contribution in [3.8, 4) is 5.75 Å². The van der Waals surface area contributed by atoms with Crippen LogP contribution in [-0.4, -0.2) is 58.7 Å². The van der Waals surface area contributed by atoms with Gasteiger partial charge in [0.2, 0.25) is 0 Å². The predicted octanol–water partition coefficient (Wildman–Crippen LogP) is 2.01. The summed E-state index contributed by atoms with van der Waals surface area (Å²) in [5, 5.41) is 4.44. The number of ether oxygens (including phenoxy) is 1. The molecule has 0 N–H and O–H groups in total. The number of carbonyl (C=O) groups is 1. The average molecular weight is 351 g/mol. The first kappa shape index (κ1) is 16.4. The SMILES string of the molecule is COc1ccc(C(=O)N2CCN(c3nccn4nc(C)cc34)CC2)cc1. The zero-order valence-electron chi connectivity index (χ0n) is 14.9. The maximum atomic E-state index is 12.7. The molecule has 3 heterocycles. The number of benzene rings is 1. The summed E-state index contributed by atoms with van der Waals surface area (Å²) < 4.78 is 7.00. The quantitative estimate of drug-likeness (QED) is 0.722. The third-order valence-electron chi connectivity index (χ3n) is 4.70. The van der Waals surface area contributed by atoms with Crippen LogP contribution in [0.1, 0.15) is 16.1 Å². The molecule has 1 aliphatic heterocycles. The van der Waals surface area contributed by atoms with Gasteiger partial charge in [0, 0.05) is 44.1 Å². The monoisotopic (exact) mass is 351 g/mol. The number of amides is 1. The molecule has 3 aromatic rings. The summed E-state index contributed by atoms with van der Waals surface area (Å²) in [6, 6.07) is 9.29. The Hall–Kier alpha value is -3.09. The Morgan fingerprint density at radius 2 is 1.85 bits per heavy atom. The van der Waals surface area contributed by atoms with Gasteiger partial charge in [0.1, 0.15) is 11.3 Å². The highest BCUT2D eigenvalue weighted by molar-refractivity contribution is 5.94. The van der Waals surface area contributed by atoms with E-state index in [1.807, 2.05) is 52.9 Å². The number of carbonyl (C=O) groups excluding carboxylic acids is 1. The van der Waals surface area contributed by atoms with Crippen molar-refractivity contribution >= 4 is 17.2 Å². The van der Waals surface area contributed by atoms with Gasteiger partial charge in [0.15, 0.2) is 5.82 Å². The van der Waals surface area contributed by atoms with E-state index in [0.717, 1.165) is 35.9 Å². The van der Waals surface area contributed by atoms with Crippen LogP contribution >= 0.6 is 0 Å². The highest BCUT2D eigenvalue weighted by atomic mass is 16.5.